The molecule has 5 nitrogen and oxygen atoms in total. The molecule has 1 saturated heterocycles. The van der Waals surface area contributed by atoms with E-state index in [1.54, 1.807) is 0 Å². The first kappa shape index (κ1) is 27.8. The molecule has 0 aliphatic carbocycles. The van der Waals surface area contributed by atoms with Crippen molar-refractivity contribution in [3.05, 3.63) is 70.8 Å². The van der Waals surface area contributed by atoms with Crippen LogP contribution in [0.5, 0.6) is 0 Å². The van der Waals surface area contributed by atoms with Crippen molar-refractivity contribution in [2.45, 2.75) is 90.6 Å². The molecule has 5 rings (SSSR count). The number of aliphatic imine (C=N–C) groups is 1. The summed E-state index contributed by atoms with van der Waals surface area (Å²) in [5.41, 5.74) is 5.44. The number of amidine groups is 1. The zero-order valence-electron chi connectivity index (χ0n) is 24.6. The summed E-state index contributed by atoms with van der Waals surface area (Å²) in [5, 5.41) is 11.9. The maximum Gasteiger partial charge on any atom is 0.203 e. The molecule has 1 N–H and O–H groups in total. The van der Waals surface area contributed by atoms with Gasteiger partial charge >= 0.3 is 0 Å². The van der Waals surface area contributed by atoms with Gasteiger partial charge < -0.3 is 14.4 Å². The van der Waals surface area contributed by atoms with Crippen molar-refractivity contribution in [1.29, 1.82) is 0 Å². The lowest BCUT2D eigenvalue weighted by atomic mass is 9.86. The molecule has 0 unspecified atom stereocenters. The smallest absolute Gasteiger partial charge is 0.203 e. The second kappa shape index (κ2) is 9.99. The maximum absolute atomic E-state index is 14.7. The van der Waals surface area contributed by atoms with Gasteiger partial charge in [-0.15, -0.1) is 0 Å². The first-order valence-electron chi connectivity index (χ1n) is 14.3. The van der Waals surface area contributed by atoms with Crippen LogP contribution in [0, 0.1) is 13.8 Å². The van der Waals surface area contributed by atoms with Crippen LogP contribution in [-0.2, 0) is 11.0 Å². The highest BCUT2D eigenvalue weighted by Crippen LogP contribution is 2.50. The first-order valence-corrected chi connectivity index (χ1v) is 16.4. The van der Waals surface area contributed by atoms with E-state index in [2.05, 4.69) is 78.5 Å². The number of carbonyl (C=O) groups excluding carboxylic acids is 1. The Morgan fingerprint density at radius 2 is 1.56 bits per heavy atom. The van der Waals surface area contributed by atoms with Crippen LogP contribution >= 0.6 is 0 Å². The maximum atomic E-state index is 14.7. The summed E-state index contributed by atoms with van der Waals surface area (Å²) in [4.78, 5) is 22.1. The van der Waals surface area contributed by atoms with Gasteiger partial charge in [0.2, 0.25) is 14.1 Å². The third-order valence-corrected chi connectivity index (χ3v) is 15.3. The van der Waals surface area contributed by atoms with Crippen LogP contribution in [0.25, 0.3) is 10.8 Å². The van der Waals surface area contributed by atoms with Gasteiger partial charge in [-0.25, -0.2) is 4.99 Å². The topological polar surface area (TPSA) is 62.1 Å². The highest BCUT2D eigenvalue weighted by molar-refractivity contribution is 6.78. The van der Waals surface area contributed by atoms with E-state index < -0.39 is 13.9 Å². The molecule has 0 amide bonds. The van der Waals surface area contributed by atoms with Crippen molar-refractivity contribution in [1.82, 2.24) is 0 Å². The second-order valence-electron chi connectivity index (χ2n) is 12.4. The van der Waals surface area contributed by atoms with E-state index in [1.807, 2.05) is 30.3 Å². The fourth-order valence-corrected chi connectivity index (χ4v) is 12.7. The van der Waals surface area contributed by atoms with Crippen molar-refractivity contribution in [2.75, 3.05) is 11.4 Å². The lowest BCUT2D eigenvalue weighted by molar-refractivity contribution is 0.0622. The Hall–Kier alpha value is -2.80. The molecule has 0 radical (unpaired) electrons. The van der Waals surface area contributed by atoms with Gasteiger partial charge in [0, 0.05) is 24.2 Å². The average Bonchev–Trinajstić information content (AvgIpc) is 3.26. The number of Topliss-reactive ketones (excluding diaryl/α,β-unsaturated/α-hetero) is 1. The van der Waals surface area contributed by atoms with Crippen LogP contribution in [0.3, 0.4) is 0 Å². The number of benzene rings is 3. The predicted octanol–water partition coefficient (Wildman–Crippen LogP) is 8.02. The Labute approximate surface area is 234 Å². The highest BCUT2D eigenvalue weighted by atomic mass is 28.4. The molecule has 0 saturated carbocycles. The van der Waals surface area contributed by atoms with E-state index in [0.717, 1.165) is 44.7 Å². The van der Waals surface area contributed by atoms with Crippen molar-refractivity contribution in [2.24, 2.45) is 4.99 Å². The van der Waals surface area contributed by atoms with E-state index >= 15 is 0 Å². The third-order valence-electron chi connectivity index (χ3n) is 9.19. The predicted molar refractivity (Wildman–Crippen MR) is 164 cm³/mol. The van der Waals surface area contributed by atoms with Gasteiger partial charge in [-0.3, -0.25) is 4.79 Å². The molecule has 0 aromatic heterocycles. The number of carbonyl (C=O) groups is 1. The summed E-state index contributed by atoms with van der Waals surface area (Å²) in [5.74, 6) is 0.773. The zero-order chi connectivity index (χ0) is 28.3. The monoisotopic (exact) mass is 542 g/mol. The molecule has 0 bridgehead atoms. The second-order valence-corrected chi connectivity index (χ2v) is 17.8. The summed E-state index contributed by atoms with van der Waals surface area (Å²) in [7, 11) is -2.44. The van der Waals surface area contributed by atoms with Crippen LogP contribution in [0.4, 0.5) is 11.4 Å². The third kappa shape index (κ3) is 4.28. The summed E-state index contributed by atoms with van der Waals surface area (Å²) >= 11 is 0. The molecule has 3 aromatic carbocycles. The molecule has 2 aliphatic heterocycles. The van der Waals surface area contributed by atoms with Crippen molar-refractivity contribution in [3.8, 4) is 0 Å². The van der Waals surface area contributed by atoms with Crippen LogP contribution in [0.2, 0.25) is 16.6 Å². The Morgan fingerprint density at radius 1 is 0.923 bits per heavy atom. The number of aliphatic hydroxyl groups is 1. The Kier molecular flexibility index (Phi) is 7.11. The number of nitrogens with zero attached hydrogens (tertiary/aromatic N) is 2. The number of rotatable bonds is 7. The van der Waals surface area contributed by atoms with Gasteiger partial charge in [0.05, 0.1) is 12.3 Å². The minimum absolute atomic E-state index is 0.00388. The van der Waals surface area contributed by atoms with Gasteiger partial charge in [-0.05, 0) is 88.3 Å². The molecule has 3 aromatic rings. The molecular weight excluding hydrogens is 500 g/mol. The number of anilines is 1. The minimum atomic E-state index is -2.44. The largest absolute Gasteiger partial charge is 0.397 e. The van der Waals surface area contributed by atoms with E-state index in [4.69, 9.17) is 9.42 Å². The normalized spacial score (nSPS) is 19.3. The number of hydrogen-bond donors (Lipinski definition) is 1. The Bertz CT molecular complexity index is 1450. The fraction of sp³-hybridized carbons (Fsp3) is 0.455. The molecular formula is C33H42N2O3Si. The van der Waals surface area contributed by atoms with Gasteiger partial charge in [0.15, 0.2) is 5.60 Å². The van der Waals surface area contributed by atoms with Crippen LogP contribution in [-0.4, -0.2) is 37.2 Å². The molecule has 0 spiro atoms. The molecule has 39 heavy (non-hydrogen) atoms. The molecule has 206 valence electrons. The zero-order valence-corrected chi connectivity index (χ0v) is 25.6. The van der Waals surface area contributed by atoms with E-state index in [9.17, 15) is 9.90 Å². The van der Waals surface area contributed by atoms with E-state index in [0.29, 0.717) is 35.2 Å². The Balaban J connectivity index is 1.71. The number of hydrogen-bond acceptors (Lipinski definition) is 5. The molecule has 2 heterocycles. The molecule has 1 fully saturated rings. The summed E-state index contributed by atoms with van der Waals surface area (Å²) in [6.45, 7) is 18.4. The number of aryl methyl sites for hydroxylation is 2. The number of aliphatic hydroxyl groups excluding tert-OH is 1. The molecule has 2 aliphatic rings. The van der Waals surface area contributed by atoms with Gasteiger partial charge in [-0.1, -0.05) is 59.7 Å². The van der Waals surface area contributed by atoms with Crippen molar-refractivity contribution >= 4 is 42.1 Å². The number of ketones is 1. The van der Waals surface area contributed by atoms with Gasteiger partial charge in [0.1, 0.15) is 5.84 Å². The molecule has 6 heteroatoms. The SMILES string of the molecule is Cc1cc2c(cc1C)C(=O)[C@]1(O[Si](C(C)C)(C(C)C)C(C)C)CCN(c3ccc4ccc(CO)cc4c3)C1=N2. The van der Waals surface area contributed by atoms with Crippen molar-refractivity contribution < 1.29 is 14.3 Å². The van der Waals surface area contributed by atoms with Crippen molar-refractivity contribution in [3.63, 3.8) is 0 Å². The summed E-state index contributed by atoms with van der Waals surface area (Å²) in [6.07, 6.45) is 0.576. The lowest BCUT2D eigenvalue weighted by Gasteiger charge is -2.48. The van der Waals surface area contributed by atoms with Crippen LogP contribution in [0.15, 0.2) is 53.5 Å². The minimum Gasteiger partial charge on any atom is -0.397 e. The standard InChI is InChI=1S/C33H42N2O3Si/c1-20(2)39(21(3)4,22(5)6)38-33-13-14-35(28-12-11-26-10-9-25(19-36)17-27(26)18-28)32(33)34-30-16-24(8)23(7)15-29(30)31(33)37/h9-12,15-18,20-22,36H,13-14,19H2,1-8H3/t33-/m1/s1. The first-order chi connectivity index (χ1) is 18.4. The lowest BCUT2D eigenvalue weighted by Crippen LogP contribution is -2.61. The van der Waals surface area contributed by atoms with Crippen LogP contribution in [0.1, 0.15) is 75.0 Å². The average molecular weight is 543 g/mol. The Morgan fingerprint density at radius 3 is 2.21 bits per heavy atom. The molecule has 1 atom stereocenters. The number of fused-ring (bicyclic) bond motifs is 3. The summed E-state index contributed by atoms with van der Waals surface area (Å²) < 4.78 is 7.47. The van der Waals surface area contributed by atoms with Gasteiger partial charge in [-0.2, -0.15) is 0 Å². The fourth-order valence-electron chi connectivity index (χ4n) is 7.08. The van der Waals surface area contributed by atoms with Crippen LogP contribution < -0.4 is 4.90 Å². The quantitative estimate of drug-likeness (QED) is 0.307. The van der Waals surface area contributed by atoms with Gasteiger partial charge in [0.25, 0.3) is 0 Å². The summed E-state index contributed by atoms with van der Waals surface area (Å²) in [6, 6.07) is 16.4. The highest BCUT2D eigenvalue weighted by Gasteiger charge is 2.60. The van der Waals surface area contributed by atoms with E-state index in [-0.39, 0.29) is 12.4 Å². The van der Waals surface area contributed by atoms with E-state index in [1.165, 1.54) is 0 Å².